The van der Waals surface area contributed by atoms with Crippen molar-refractivity contribution in [3.8, 4) is 5.95 Å². The van der Waals surface area contributed by atoms with Crippen LogP contribution < -0.4 is 5.32 Å². The van der Waals surface area contributed by atoms with Crippen LogP contribution >= 0.6 is 0 Å². The summed E-state index contributed by atoms with van der Waals surface area (Å²) in [6, 6.07) is 3.30. The molecule has 1 aliphatic rings. The molecule has 1 saturated heterocycles. The number of carbonyl (C=O) groups is 2. The summed E-state index contributed by atoms with van der Waals surface area (Å²) in [4.78, 5) is 33.4. The Balaban J connectivity index is 1.82. The van der Waals surface area contributed by atoms with Crippen LogP contribution in [0.25, 0.3) is 5.95 Å². The first-order valence-corrected chi connectivity index (χ1v) is 8.97. The zero-order chi connectivity index (χ0) is 21.4. The number of nitrogens with zero attached hydrogens (tertiary/aromatic N) is 5. The second kappa shape index (κ2) is 7.45. The van der Waals surface area contributed by atoms with Gasteiger partial charge >= 0.3 is 6.18 Å². The molecule has 29 heavy (non-hydrogen) atoms. The first-order chi connectivity index (χ1) is 13.4. The Morgan fingerprint density at radius 3 is 2.48 bits per heavy atom. The van der Waals surface area contributed by atoms with Gasteiger partial charge in [0.1, 0.15) is 12.4 Å². The topological polar surface area (TPSA) is 93.0 Å². The normalized spacial score (nSPS) is 17.7. The Morgan fingerprint density at radius 1 is 1.24 bits per heavy atom. The lowest BCUT2D eigenvalue weighted by Gasteiger charge is -2.18. The van der Waals surface area contributed by atoms with Crippen molar-refractivity contribution in [2.75, 3.05) is 18.4 Å². The van der Waals surface area contributed by atoms with Crippen LogP contribution in [0.4, 0.5) is 19.0 Å². The summed E-state index contributed by atoms with van der Waals surface area (Å²) in [5, 5.41) is 7.13. The molecule has 1 fully saturated rings. The number of anilines is 1. The molecular weight excluding hydrogens is 389 g/mol. The minimum atomic E-state index is -4.51. The van der Waals surface area contributed by atoms with Gasteiger partial charge in [0.05, 0.1) is 11.6 Å². The highest BCUT2D eigenvalue weighted by atomic mass is 19.4. The summed E-state index contributed by atoms with van der Waals surface area (Å²) in [5.41, 5.74) is 0.341. The molecule has 0 spiro atoms. The highest BCUT2D eigenvalue weighted by molar-refractivity contribution is 5.96. The Labute approximate surface area is 165 Å². The van der Waals surface area contributed by atoms with Crippen LogP contribution in [0.5, 0.6) is 0 Å². The second-order valence-corrected chi connectivity index (χ2v) is 7.91. The van der Waals surface area contributed by atoms with Crippen molar-refractivity contribution in [3.05, 3.63) is 30.2 Å². The molecule has 1 unspecified atom stereocenters. The molecule has 0 aliphatic carbocycles. The van der Waals surface area contributed by atoms with E-state index >= 15 is 0 Å². The Hall–Kier alpha value is -2.98. The number of hydrogen-bond acceptors (Lipinski definition) is 5. The molecule has 3 rings (SSSR count). The van der Waals surface area contributed by atoms with Crippen LogP contribution in [0, 0.1) is 5.92 Å². The third-order valence-corrected chi connectivity index (χ3v) is 4.43. The maximum Gasteiger partial charge on any atom is 0.406 e. The predicted octanol–water partition coefficient (Wildman–Crippen LogP) is 2.31. The molecule has 1 N–H and O–H groups in total. The number of rotatable bonds is 4. The predicted molar refractivity (Wildman–Crippen MR) is 97.2 cm³/mol. The number of aromatic nitrogens is 4. The standard InChI is InChI=1S/C18H21F3N6O2/c1-17(2,3)12-8-13(27(25-12)16-22-5-4-6-23-16)24-15(29)11-7-14(28)26(9-11)10-18(19,20)21/h4-6,8,11H,7,9-10H2,1-3H3,(H,24,29). The molecule has 0 radical (unpaired) electrons. The minimum absolute atomic E-state index is 0.236. The van der Waals surface area contributed by atoms with Gasteiger partial charge in [-0.15, -0.1) is 0 Å². The maximum absolute atomic E-state index is 12.7. The Bertz CT molecular complexity index is 905. The number of alkyl halides is 3. The van der Waals surface area contributed by atoms with Gasteiger partial charge in [-0.2, -0.15) is 23.0 Å². The van der Waals surface area contributed by atoms with E-state index in [0.717, 1.165) is 0 Å². The molecule has 2 aromatic rings. The zero-order valence-corrected chi connectivity index (χ0v) is 16.2. The van der Waals surface area contributed by atoms with Crippen molar-refractivity contribution in [1.82, 2.24) is 24.6 Å². The molecule has 2 aromatic heterocycles. The van der Waals surface area contributed by atoms with Gasteiger partial charge in [-0.25, -0.2) is 9.97 Å². The number of amides is 2. The number of hydrogen-bond donors (Lipinski definition) is 1. The highest BCUT2D eigenvalue weighted by Gasteiger charge is 2.40. The van der Waals surface area contributed by atoms with E-state index < -0.39 is 30.5 Å². The van der Waals surface area contributed by atoms with E-state index in [1.165, 1.54) is 17.1 Å². The number of carbonyl (C=O) groups excluding carboxylic acids is 2. The van der Waals surface area contributed by atoms with Crippen LogP contribution in [0.1, 0.15) is 32.9 Å². The third-order valence-electron chi connectivity index (χ3n) is 4.43. The number of halogens is 3. The first-order valence-electron chi connectivity index (χ1n) is 8.97. The van der Waals surface area contributed by atoms with E-state index in [1.807, 2.05) is 20.8 Å². The van der Waals surface area contributed by atoms with E-state index in [0.29, 0.717) is 10.6 Å². The van der Waals surface area contributed by atoms with Gasteiger partial charge in [-0.1, -0.05) is 20.8 Å². The summed E-state index contributed by atoms with van der Waals surface area (Å²) in [6.45, 7) is 4.19. The molecule has 11 heteroatoms. The average Bonchev–Trinajstić information content (AvgIpc) is 3.18. The Kier molecular flexibility index (Phi) is 5.33. The van der Waals surface area contributed by atoms with E-state index in [1.54, 1.807) is 12.1 Å². The van der Waals surface area contributed by atoms with Gasteiger partial charge in [0.15, 0.2) is 0 Å². The Morgan fingerprint density at radius 2 is 1.90 bits per heavy atom. The molecule has 8 nitrogen and oxygen atoms in total. The van der Waals surface area contributed by atoms with Crippen molar-refractivity contribution in [2.45, 2.75) is 38.8 Å². The molecule has 156 valence electrons. The molecular formula is C18H21F3N6O2. The van der Waals surface area contributed by atoms with Crippen LogP contribution in [0.15, 0.2) is 24.5 Å². The number of nitrogens with one attached hydrogen (secondary N) is 1. The van der Waals surface area contributed by atoms with E-state index in [2.05, 4.69) is 20.4 Å². The quantitative estimate of drug-likeness (QED) is 0.835. The number of likely N-dealkylation sites (tertiary alicyclic amines) is 1. The van der Waals surface area contributed by atoms with Crippen LogP contribution in [0.2, 0.25) is 0 Å². The summed E-state index contributed by atoms with van der Waals surface area (Å²) in [7, 11) is 0. The van der Waals surface area contributed by atoms with Crippen LogP contribution in [-0.4, -0.2) is 55.7 Å². The van der Waals surface area contributed by atoms with Gasteiger partial charge in [0.25, 0.3) is 5.95 Å². The SMILES string of the molecule is CC(C)(C)c1cc(NC(=O)C2CC(=O)N(CC(F)(F)F)C2)n(-c2ncccn2)n1. The van der Waals surface area contributed by atoms with Gasteiger partial charge in [-0.05, 0) is 6.07 Å². The molecule has 0 saturated carbocycles. The molecule has 1 atom stereocenters. The maximum atomic E-state index is 12.7. The van der Waals surface area contributed by atoms with Gasteiger partial charge < -0.3 is 10.2 Å². The highest BCUT2D eigenvalue weighted by Crippen LogP contribution is 2.28. The largest absolute Gasteiger partial charge is 0.406 e. The van der Waals surface area contributed by atoms with Crippen molar-refractivity contribution in [1.29, 1.82) is 0 Å². The van der Waals surface area contributed by atoms with Gasteiger partial charge in [0.2, 0.25) is 11.8 Å². The fourth-order valence-electron chi connectivity index (χ4n) is 2.94. The van der Waals surface area contributed by atoms with Crippen molar-refractivity contribution in [2.24, 2.45) is 5.92 Å². The third kappa shape index (κ3) is 4.90. The molecule has 0 bridgehead atoms. The van der Waals surface area contributed by atoms with E-state index in [4.69, 9.17) is 0 Å². The summed E-state index contributed by atoms with van der Waals surface area (Å²) in [6.07, 6.45) is -1.73. The minimum Gasteiger partial charge on any atom is -0.333 e. The fourth-order valence-corrected chi connectivity index (χ4v) is 2.94. The van der Waals surface area contributed by atoms with Gasteiger partial charge in [0, 0.05) is 36.8 Å². The first kappa shape index (κ1) is 20.7. The van der Waals surface area contributed by atoms with E-state index in [9.17, 15) is 22.8 Å². The molecule has 0 aromatic carbocycles. The van der Waals surface area contributed by atoms with Crippen LogP contribution in [0.3, 0.4) is 0 Å². The summed E-state index contributed by atoms with van der Waals surface area (Å²) >= 11 is 0. The van der Waals surface area contributed by atoms with Crippen molar-refractivity contribution < 1.29 is 22.8 Å². The zero-order valence-electron chi connectivity index (χ0n) is 16.2. The fraction of sp³-hybridized carbons (Fsp3) is 0.500. The lowest BCUT2D eigenvalue weighted by Crippen LogP contribution is -2.36. The summed E-state index contributed by atoms with van der Waals surface area (Å²) < 4.78 is 39.1. The molecule has 3 heterocycles. The average molecular weight is 410 g/mol. The smallest absolute Gasteiger partial charge is 0.333 e. The lowest BCUT2D eigenvalue weighted by atomic mass is 9.92. The molecule has 1 aliphatic heterocycles. The van der Waals surface area contributed by atoms with Crippen molar-refractivity contribution >= 4 is 17.6 Å². The monoisotopic (exact) mass is 410 g/mol. The van der Waals surface area contributed by atoms with Crippen molar-refractivity contribution in [3.63, 3.8) is 0 Å². The summed E-state index contributed by atoms with van der Waals surface area (Å²) in [5.74, 6) is -1.62. The van der Waals surface area contributed by atoms with Crippen LogP contribution in [-0.2, 0) is 15.0 Å². The van der Waals surface area contributed by atoms with E-state index in [-0.39, 0.29) is 30.1 Å². The van der Waals surface area contributed by atoms with Gasteiger partial charge in [-0.3, -0.25) is 9.59 Å². The molecule has 2 amide bonds. The lowest BCUT2D eigenvalue weighted by molar-refractivity contribution is -0.157. The second-order valence-electron chi connectivity index (χ2n) is 7.91.